The van der Waals surface area contributed by atoms with E-state index in [9.17, 15) is 22.0 Å². The predicted molar refractivity (Wildman–Crippen MR) is 69.1 cm³/mol. The molecule has 0 spiro atoms. The Kier molecular flexibility index (Phi) is 6.10. The second kappa shape index (κ2) is 7.17. The number of hydrogen-bond acceptors (Lipinski definition) is 2. The Labute approximate surface area is 120 Å². The lowest BCUT2D eigenvalue weighted by Gasteiger charge is -2.20. The van der Waals surface area contributed by atoms with Crippen LogP contribution in [0.4, 0.5) is 22.0 Å². The van der Waals surface area contributed by atoms with Gasteiger partial charge < -0.3 is 10.1 Å². The van der Waals surface area contributed by atoms with Crippen molar-refractivity contribution in [2.75, 3.05) is 6.61 Å². The molecule has 0 atom stereocenters. The van der Waals surface area contributed by atoms with Gasteiger partial charge in [-0.15, -0.1) is 0 Å². The normalized spacial score (nSPS) is 13.0. The van der Waals surface area contributed by atoms with Crippen LogP contribution in [0.25, 0.3) is 0 Å². The Morgan fingerprint density at radius 1 is 1.05 bits per heavy atom. The summed E-state index contributed by atoms with van der Waals surface area (Å²) in [4.78, 5) is 0. The highest BCUT2D eigenvalue weighted by molar-refractivity contribution is 5.26. The zero-order chi connectivity index (χ0) is 16.1. The molecule has 0 bridgehead atoms. The van der Waals surface area contributed by atoms with Gasteiger partial charge in [0.25, 0.3) is 0 Å². The van der Waals surface area contributed by atoms with E-state index >= 15 is 0 Å². The highest BCUT2D eigenvalue weighted by Crippen LogP contribution is 2.35. The Morgan fingerprint density at radius 3 is 2.14 bits per heavy atom. The van der Waals surface area contributed by atoms with Crippen molar-refractivity contribution in [2.45, 2.75) is 45.1 Å². The molecular formula is C14H18F5NO. The van der Waals surface area contributed by atoms with Crippen molar-refractivity contribution in [3.63, 3.8) is 0 Å². The molecule has 0 saturated heterocycles. The van der Waals surface area contributed by atoms with E-state index in [0.29, 0.717) is 12.1 Å². The first-order valence-corrected chi connectivity index (χ1v) is 6.46. The summed E-state index contributed by atoms with van der Waals surface area (Å²) in [6, 6.07) is 7.09. The van der Waals surface area contributed by atoms with E-state index in [1.54, 1.807) is 24.3 Å². The summed E-state index contributed by atoms with van der Waals surface area (Å²) >= 11 is 0. The van der Waals surface area contributed by atoms with Crippen LogP contribution < -0.4 is 5.32 Å². The van der Waals surface area contributed by atoms with E-state index in [0.717, 1.165) is 5.56 Å². The van der Waals surface area contributed by atoms with Crippen LogP contribution in [0.3, 0.4) is 0 Å². The fourth-order valence-electron chi connectivity index (χ4n) is 1.56. The quantitative estimate of drug-likeness (QED) is 0.771. The predicted octanol–water partition coefficient (Wildman–Crippen LogP) is 3.90. The molecule has 0 aliphatic rings. The van der Waals surface area contributed by atoms with Crippen molar-refractivity contribution in [3.05, 3.63) is 35.4 Å². The molecular weight excluding hydrogens is 293 g/mol. The summed E-state index contributed by atoms with van der Waals surface area (Å²) in [5.74, 6) is -4.84. The number of halogens is 5. The van der Waals surface area contributed by atoms with E-state index in [1.807, 2.05) is 13.8 Å². The average molecular weight is 311 g/mol. The van der Waals surface area contributed by atoms with Crippen molar-refractivity contribution < 1.29 is 26.7 Å². The van der Waals surface area contributed by atoms with Crippen LogP contribution in [0.15, 0.2) is 24.3 Å². The van der Waals surface area contributed by atoms with Crippen molar-refractivity contribution in [1.29, 1.82) is 0 Å². The maximum Gasteiger partial charge on any atom is 0.455 e. The highest BCUT2D eigenvalue weighted by Gasteiger charge is 2.57. The maximum absolute atomic E-state index is 12.7. The fraction of sp³-hybridized carbons (Fsp3) is 0.571. The topological polar surface area (TPSA) is 21.3 Å². The molecule has 1 rings (SSSR count). The fourth-order valence-corrected chi connectivity index (χ4v) is 1.56. The minimum absolute atomic E-state index is 0.230. The van der Waals surface area contributed by atoms with Gasteiger partial charge >= 0.3 is 12.1 Å². The lowest BCUT2D eigenvalue weighted by Crippen LogP contribution is -2.40. The second-order valence-corrected chi connectivity index (χ2v) is 5.00. The first-order chi connectivity index (χ1) is 9.63. The molecule has 21 heavy (non-hydrogen) atoms. The summed E-state index contributed by atoms with van der Waals surface area (Å²) < 4.78 is 66.0. The number of rotatable bonds is 7. The number of alkyl halides is 5. The molecule has 1 N–H and O–H groups in total. The molecule has 0 unspecified atom stereocenters. The summed E-state index contributed by atoms with van der Waals surface area (Å²) in [6.07, 6.45) is -5.59. The standard InChI is InChI=1S/C14H18F5NO/c1-10(2)20-7-11-5-3-4-6-12(11)8-21-9-13(15,16)14(17,18)19/h3-6,10,20H,7-9H2,1-2H3. The lowest BCUT2D eigenvalue weighted by atomic mass is 10.1. The van der Waals surface area contributed by atoms with E-state index in [1.165, 1.54) is 0 Å². The van der Waals surface area contributed by atoms with Gasteiger partial charge in [0.05, 0.1) is 6.61 Å². The molecule has 0 aliphatic carbocycles. The van der Waals surface area contributed by atoms with Crippen LogP contribution in [0.5, 0.6) is 0 Å². The third kappa shape index (κ3) is 5.59. The molecule has 1 aromatic carbocycles. The average Bonchev–Trinajstić information content (AvgIpc) is 2.36. The molecule has 0 heterocycles. The highest BCUT2D eigenvalue weighted by atomic mass is 19.4. The molecule has 0 fully saturated rings. The number of hydrogen-bond donors (Lipinski definition) is 1. The van der Waals surface area contributed by atoms with Crippen LogP contribution in [0.1, 0.15) is 25.0 Å². The third-order valence-corrected chi connectivity index (χ3v) is 2.77. The van der Waals surface area contributed by atoms with Gasteiger partial charge in [-0.25, -0.2) is 0 Å². The largest absolute Gasteiger partial charge is 0.455 e. The van der Waals surface area contributed by atoms with Crippen LogP contribution >= 0.6 is 0 Å². The number of ether oxygens (including phenoxy) is 1. The van der Waals surface area contributed by atoms with Crippen LogP contribution in [0, 0.1) is 0 Å². The Hall–Kier alpha value is -1.21. The number of nitrogens with one attached hydrogen (secondary N) is 1. The maximum atomic E-state index is 12.7. The monoisotopic (exact) mass is 311 g/mol. The zero-order valence-corrected chi connectivity index (χ0v) is 11.8. The van der Waals surface area contributed by atoms with E-state index < -0.39 is 18.7 Å². The Morgan fingerprint density at radius 2 is 1.62 bits per heavy atom. The van der Waals surface area contributed by atoms with Gasteiger partial charge in [0, 0.05) is 12.6 Å². The summed E-state index contributed by atoms with van der Waals surface area (Å²) in [5, 5.41) is 3.15. The third-order valence-electron chi connectivity index (χ3n) is 2.77. The van der Waals surface area contributed by atoms with E-state index in [4.69, 9.17) is 0 Å². The van der Waals surface area contributed by atoms with Crippen molar-refractivity contribution >= 4 is 0 Å². The lowest BCUT2D eigenvalue weighted by molar-refractivity contribution is -0.297. The zero-order valence-electron chi connectivity index (χ0n) is 11.8. The SMILES string of the molecule is CC(C)NCc1ccccc1COCC(F)(F)C(F)(F)F. The van der Waals surface area contributed by atoms with Gasteiger partial charge in [-0.3, -0.25) is 0 Å². The minimum Gasteiger partial charge on any atom is -0.370 e. The Balaban J connectivity index is 2.60. The van der Waals surface area contributed by atoms with Gasteiger partial charge in [0.2, 0.25) is 0 Å². The van der Waals surface area contributed by atoms with Crippen LogP contribution in [-0.2, 0) is 17.9 Å². The van der Waals surface area contributed by atoms with Gasteiger partial charge in [0.15, 0.2) is 0 Å². The Bertz CT molecular complexity index is 445. The van der Waals surface area contributed by atoms with Crippen molar-refractivity contribution in [1.82, 2.24) is 5.32 Å². The van der Waals surface area contributed by atoms with Crippen LogP contribution in [0.2, 0.25) is 0 Å². The molecule has 0 radical (unpaired) electrons. The van der Waals surface area contributed by atoms with Crippen molar-refractivity contribution in [3.8, 4) is 0 Å². The molecule has 0 saturated carbocycles. The summed E-state index contributed by atoms with van der Waals surface area (Å²) in [5.41, 5.74) is 1.39. The first kappa shape index (κ1) is 17.8. The minimum atomic E-state index is -5.59. The van der Waals surface area contributed by atoms with Gasteiger partial charge in [-0.2, -0.15) is 22.0 Å². The van der Waals surface area contributed by atoms with Gasteiger partial charge in [-0.05, 0) is 11.1 Å². The summed E-state index contributed by atoms with van der Waals surface area (Å²) in [7, 11) is 0. The first-order valence-electron chi connectivity index (χ1n) is 6.46. The number of benzene rings is 1. The molecule has 2 nitrogen and oxygen atoms in total. The smallest absolute Gasteiger partial charge is 0.370 e. The van der Waals surface area contributed by atoms with Gasteiger partial charge in [-0.1, -0.05) is 38.1 Å². The molecule has 0 amide bonds. The molecule has 120 valence electrons. The molecule has 0 aliphatic heterocycles. The van der Waals surface area contributed by atoms with Crippen LogP contribution in [-0.4, -0.2) is 24.7 Å². The molecule has 7 heteroatoms. The van der Waals surface area contributed by atoms with E-state index in [-0.39, 0.29) is 12.6 Å². The van der Waals surface area contributed by atoms with Gasteiger partial charge in [0.1, 0.15) is 6.61 Å². The molecule has 0 aromatic heterocycles. The van der Waals surface area contributed by atoms with E-state index in [2.05, 4.69) is 10.1 Å². The van der Waals surface area contributed by atoms with Crippen molar-refractivity contribution in [2.24, 2.45) is 0 Å². The molecule has 1 aromatic rings. The summed E-state index contributed by atoms with van der Waals surface area (Å²) in [6.45, 7) is 2.42. The second-order valence-electron chi connectivity index (χ2n) is 5.00.